The summed E-state index contributed by atoms with van der Waals surface area (Å²) < 4.78 is 12.2. The zero-order valence-corrected chi connectivity index (χ0v) is 6.70. The first-order valence-corrected chi connectivity index (χ1v) is 3.83. The molecule has 0 saturated heterocycles. The average Bonchev–Trinajstić information content (AvgIpc) is 2.12. The summed E-state index contributed by atoms with van der Waals surface area (Å²) >= 11 is 0. The molecule has 0 radical (unpaired) electrons. The van der Waals surface area contributed by atoms with Crippen LogP contribution in [0.15, 0.2) is 18.3 Å². The molecule has 62 valence electrons. The molecule has 0 bridgehead atoms. The number of fused-ring (bicyclic) bond motifs is 1. The van der Waals surface area contributed by atoms with Crippen molar-refractivity contribution in [3.8, 4) is 0 Å². The predicted molar refractivity (Wildman–Crippen MR) is 42.9 cm³/mol. The molecular weight excluding hydrogens is 154 g/mol. The van der Waals surface area contributed by atoms with E-state index in [1.54, 1.807) is 6.07 Å². The first-order chi connectivity index (χ1) is 6.18. The second-order valence-corrected chi connectivity index (χ2v) is 2.87. The third-order valence-corrected chi connectivity index (χ3v) is 1.94. The number of hydrogen-bond acceptors (Lipinski definition) is 3. The number of nitrogens with zero attached hydrogens (tertiary/aromatic N) is 1. The Morgan fingerprint density at radius 3 is 3.50 bits per heavy atom. The fraction of sp³-hybridized carbons (Fsp3) is 0.333. The van der Waals surface area contributed by atoms with Crippen LogP contribution < -0.4 is 0 Å². The lowest BCUT2D eigenvalue weighted by molar-refractivity contribution is 0.0444. The van der Waals surface area contributed by atoms with Gasteiger partial charge in [-0.3, -0.25) is 4.98 Å². The highest BCUT2D eigenvalue weighted by Gasteiger charge is 2.24. The van der Waals surface area contributed by atoms with E-state index in [1.165, 1.54) is 6.07 Å². The number of esters is 1. The van der Waals surface area contributed by atoms with Gasteiger partial charge in [0, 0.05) is 12.1 Å². The van der Waals surface area contributed by atoms with E-state index in [2.05, 4.69) is 4.98 Å². The van der Waals surface area contributed by atoms with E-state index in [0.29, 0.717) is 17.9 Å². The van der Waals surface area contributed by atoms with E-state index in [4.69, 9.17) is 6.11 Å². The van der Waals surface area contributed by atoms with Crippen LogP contribution >= 0.6 is 0 Å². The molecule has 1 aromatic rings. The van der Waals surface area contributed by atoms with Crippen molar-refractivity contribution in [3.05, 3.63) is 29.6 Å². The van der Waals surface area contributed by atoms with Crippen LogP contribution in [0.3, 0.4) is 0 Å². The summed E-state index contributed by atoms with van der Waals surface area (Å²) in [7, 11) is 0. The molecule has 0 saturated carbocycles. The number of carbonyl (C=O) groups is 1. The highest BCUT2D eigenvalue weighted by molar-refractivity contribution is 5.91. The maximum atomic E-state index is 11.2. The van der Waals surface area contributed by atoms with Gasteiger partial charge in [-0.25, -0.2) is 4.79 Å². The zero-order chi connectivity index (χ0) is 9.42. The Balaban J connectivity index is 2.57. The fourth-order valence-corrected chi connectivity index (χ4v) is 1.28. The highest BCUT2D eigenvalue weighted by Crippen LogP contribution is 2.23. The number of carbonyl (C=O) groups excluding carboxylic acids is 1. The van der Waals surface area contributed by atoms with Crippen molar-refractivity contribution in [2.75, 3.05) is 6.61 Å². The van der Waals surface area contributed by atoms with Gasteiger partial charge >= 0.3 is 5.97 Å². The van der Waals surface area contributed by atoms with Crippen LogP contribution in [-0.4, -0.2) is 17.6 Å². The first-order valence-electron chi connectivity index (χ1n) is 4.33. The Kier molecular flexibility index (Phi) is 1.33. The largest absolute Gasteiger partial charge is 0.461 e. The fourth-order valence-electron chi connectivity index (χ4n) is 1.28. The second-order valence-electron chi connectivity index (χ2n) is 2.87. The van der Waals surface area contributed by atoms with Gasteiger partial charge in [0.1, 0.15) is 0 Å². The smallest absolute Gasteiger partial charge is 0.340 e. The summed E-state index contributed by atoms with van der Waals surface area (Å²) in [6.45, 7) is 2.29. The molecule has 0 unspecified atom stereocenters. The number of aromatic nitrogens is 1. The van der Waals surface area contributed by atoms with E-state index in [0.717, 1.165) is 0 Å². The molecule has 0 fully saturated rings. The molecule has 1 aliphatic rings. The lowest BCUT2D eigenvalue weighted by Crippen LogP contribution is -2.21. The van der Waals surface area contributed by atoms with Gasteiger partial charge in [-0.15, -0.1) is 0 Å². The van der Waals surface area contributed by atoms with Gasteiger partial charge in [0.2, 0.25) is 0 Å². The number of cyclic esters (lactones) is 1. The number of ether oxygens (including phenoxy) is 1. The first kappa shape index (κ1) is 6.17. The molecule has 1 aliphatic heterocycles. The normalized spacial score (nSPS) is 22.6. The van der Waals surface area contributed by atoms with Gasteiger partial charge < -0.3 is 4.74 Å². The van der Waals surface area contributed by atoms with Crippen molar-refractivity contribution in [2.45, 2.75) is 12.8 Å². The molecular formula is C9H9NO2. The predicted octanol–water partition coefficient (Wildman–Crippen LogP) is 1.36. The Labute approximate surface area is 71.8 Å². The maximum Gasteiger partial charge on any atom is 0.340 e. The molecule has 0 spiro atoms. The maximum absolute atomic E-state index is 11.2. The summed E-state index contributed by atoms with van der Waals surface area (Å²) in [6.07, 6.45) is 0.195. The van der Waals surface area contributed by atoms with Crippen molar-refractivity contribution in [3.63, 3.8) is 0 Å². The Hall–Kier alpha value is -1.38. The van der Waals surface area contributed by atoms with Crippen molar-refractivity contribution in [1.29, 1.82) is 0 Å². The van der Waals surface area contributed by atoms with Gasteiger partial charge in [-0.2, -0.15) is 0 Å². The number of rotatable bonds is 0. The topological polar surface area (TPSA) is 39.2 Å². The van der Waals surface area contributed by atoms with E-state index in [9.17, 15) is 4.79 Å². The Bertz CT molecular complexity index is 365. The van der Waals surface area contributed by atoms with Crippen LogP contribution in [0.2, 0.25) is 0 Å². The lowest BCUT2D eigenvalue weighted by Gasteiger charge is -2.19. The van der Waals surface area contributed by atoms with Gasteiger partial charge in [0.05, 0.1) is 19.2 Å². The molecule has 2 rings (SSSR count). The molecule has 2 heterocycles. The molecule has 0 amide bonds. The summed E-state index contributed by atoms with van der Waals surface area (Å²) in [5, 5.41) is 0. The Morgan fingerprint density at radius 1 is 1.83 bits per heavy atom. The van der Waals surface area contributed by atoms with Crippen LogP contribution in [0.5, 0.6) is 0 Å². The standard InChI is InChI=1S/C9H9NO2/c1-6-5-12-9(11)7-3-2-4-10-8(6)7/h2-4,6H,5H2,1H3/t6-/m1/s1/i4D. The second kappa shape index (κ2) is 2.59. The van der Waals surface area contributed by atoms with Crippen LogP contribution in [0, 0.1) is 0 Å². The minimum Gasteiger partial charge on any atom is -0.461 e. The number of pyridine rings is 1. The van der Waals surface area contributed by atoms with Crippen LogP contribution in [0.25, 0.3) is 0 Å². The monoisotopic (exact) mass is 164 g/mol. The molecule has 1 atom stereocenters. The van der Waals surface area contributed by atoms with Crippen molar-refractivity contribution in [2.24, 2.45) is 0 Å². The van der Waals surface area contributed by atoms with E-state index in [-0.39, 0.29) is 18.1 Å². The van der Waals surface area contributed by atoms with Gasteiger partial charge in [-0.05, 0) is 12.1 Å². The summed E-state index contributed by atoms with van der Waals surface area (Å²) in [4.78, 5) is 15.2. The van der Waals surface area contributed by atoms with Gasteiger partial charge in [0.15, 0.2) is 0 Å². The summed E-state index contributed by atoms with van der Waals surface area (Å²) in [6, 6.07) is 3.10. The van der Waals surface area contributed by atoms with Crippen LogP contribution in [-0.2, 0) is 4.74 Å². The zero-order valence-electron chi connectivity index (χ0n) is 7.70. The van der Waals surface area contributed by atoms with E-state index in [1.807, 2.05) is 6.92 Å². The van der Waals surface area contributed by atoms with Crippen molar-refractivity contribution < 1.29 is 10.9 Å². The molecule has 1 aromatic heterocycles. The molecule has 0 aromatic carbocycles. The summed E-state index contributed by atoms with van der Waals surface area (Å²) in [5.74, 6) is -0.237. The highest BCUT2D eigenvalue weighted by atomic mass is 16.5. The van der Waals surface area contributed by atoms with Crippen LogP contribution in [0.1, 0.15) is 30.3 Å². The summed E-state index contributed by atoms with van der Waals surface area (Å²) in [5.41, 5.74) is 1.18. The minimum absolute atomic E-state index is 0.0954. The molecule has 0 aliphatic carbocycles. The number of hydrogen-bond donors (Lipinski definition) is 0. The average molecular weight is 164 g/mol. The third-order valence-electron chi connectivity index (χ3n) is 1.94. The van der Waals surface area contributed by atoms with E-state index >= 15 is 0 Å². The third kappa shape index (κ3) is 0.978. The lowest BCUT2D eigenvalue weighted by atomic mass is 10.0. The van der Waals surface area contributed by atoms with Crippen molar-refractivity contribution >= 4 is 5.97 Å². The van der Waals surface area contributed by atoms with Gasteiger partial charge in [0.25, 0.3) is 0 Å². The van der Waals surface area contributed by atoms with Gasteiger partial charge in [-0.1, -0.05) is 6.92 Å². The SMILES string of the molecule is [2H]c1ccc2c(n1)[C@H](C)COC2=O. The van der Waals surface area contributed by atoms with E-state index < -0.39 is 0 Å². The molecule has 3 nitrogen and oxygen atoms in total. The molecule has 3 heteroatoms. The minimum atomic E-state index is -0.333. The van der Waals surface area contributed by atoms with Crippen LogP contribution in [0.4, 0.5) is 0 Å². The van der Waals surface area contributed by atoms with Crippen molar-refractivity contribution in [1.82, 2.24) is 4.98 Å². The molecule has 0 N–H and O–H groups in total. The quantitative estimate of drug-likeness (QED) is 0.543. The molecule has 12 heavy (non-hydrogen) atoms. The Morgan fingerprint density at radius 2 is 2.67 bits per heavy atom.